The van der Waals surface area contributed by atoms with Gasteiger partial charge in [0.2, 0.25) is 5.96 Å². The van der Waals surface area contributed by atoms with Crippen LogP contribution in [0.25, 0.3) is 11.0 Å². The highest BCUT2D eigenvalue weighted by Gasteiger charge is 2.08. The first-order chi connectivity index (χ1) is 10.1. The van der Waals surface area contributed by atoms with Crippen LogP contribution in [0.3, 0.4) is 0 Å². The van der Waals surface area contributed by atoms with Gasteiger partial charge < -0.3 is 10.2 Å². The number of carbonyl (C=O) groups is 1. The largest absolute Gasteiger partial charge is 0.461 e. The van der Waals surface area contributed by atoms with Crippen molar-refractivity contribution in [3.63, 3.8) is 0 Å². The van der Waals surface area contributed by atoms with Crippen LogP contribution in [0.1, 0.15) is 16.2 Å². The normalized spacial score (nSPS) is 11.8. The lowest BCUT2D eigenvalue weighted by Crippen LogP contribution is -2.36. The quantitative estimate of drug-likeness (QED) is 0.492. The SMILES string of the molecule is Cc1cc2cc(N=C(N)NC(=O)c3ccn[nH]3)ccc2o1. The number of nitrogens with two attached hydrogens (primary N) is 1. The number of guanidine groups is 1. The molecule has 0 radical (unpaired) electrons. The predicted molar refractivity (Wildman–Crippen MR) is 78.3 cm³/mol. The van der Waals surface area contributed by atoms with Crippen molar-refractivity contribution < 1.29 is 9.21 Å². The number of hydrogen-bond acceptors (Lipinski definition) is 4. The molecule has 0 fully saturated rings. The Morgan fingerprint density at radius 2 is 2.24 bits per heavy atom. The summed E-state index contributed by atoms with van der Waals surface area (Å²) < 4.78 is 5.48. The number of aromatic amines is 1. The number of aromatic nitrogens is 2. The number of fused-ring (bicyclic) bond motifs is 1. The van der Waals surface area contributed by atoms with Gasteiger partial charge >= 0.3 is 0 Å². The van der Waals surface area contributed by atoms with Crippen LogP contribution >= 0.6 is 0 Å². The van der Waals surface area contributed by atoms with E-state index in [1.807, 2.05) is 25.1 Å². The number of aliphatic imine (C=N–C) groups is 1. The number of hydrogen-bond donors (Lipinski definition) is 3. The molecule has 4 N–H and O–H groups in total. The molecule has 0 saturated heterocycles. The number of nitrogens with one attached hydrogen (secondary N) is 2. The zero-order chi connectivity index (χ0) is 14.8. The molecule has 0 unspecified atom stereocenters. The lowest BCUT2D eigenvalue weighted by Gasteiger charge is -2.02. The maximum atomic E-state index is 11.8. The Bertz CT molecular complexity index is 817. The molecule has 3 aromatic rings. The summed E-state index contributed by atoms with van der Waals surface area (Å²) in [5.74, 6) is 0.440. The molecule has 0 spiro atoms. The van der Waals surface area contributed by atoms with Gasteiger partial charge in [-0.3, -0.25) is 15.2 Å². The highest BCUT2D eigenvalue weighted by Crippen LogP contribution is 2.24. The van der Waals surface area contributed by atoms with Crippen LogP contribution in [-0.4, -0.2) is 22.1 Å². The van der Waals surface area contributed by atoms with Crippen LogP contribution in [0.2, 0.25) is 0 Å². The van der Waals surface area contributed by atoms with E-state index >= 15 is 0 Å². The second kappa shape index (κ2) is 5.12. The van der Waals surface area contributed by atoms with E-state index in [9.17, 15) is 4.79 Å². The van der Waals surface area contributed by atoms with Crippen molar-refractivity contribution in [3.8, 4) is 0 Å². The molecule has 0 saturated carbocycles. The highest BCUT2D eigenvalue weighted by molar-refractivity contribution is 6.04. The number of amides is 1. The number of furan rings is 1. The minimum Gasteiger partial charge on any atom is -0.461 e. The molecule has 0 aliphatic rings. The van der Waals surface area contributed by atoms with Crippen molar-refractivity contribution >= 4 is 28.5 Å². The molecule has 1 amide bonds. The maximum Gasteiger partial charge on any atom is 0.275 e. The van der Waals surface area contributed by atoms with Crippen molar-refractivity contribution in [2.24, 2.45) is 10.7 Å². The zero-order valence-corrected chi connectivity index (χ0v) is 11.3. The molecular formula is C14H13N5O2. The van der Waals surface area contributed by atoms with Gasteiger partial charge in [0.15, 0.2) is 0 Å². The number of rotatable bonds is 2. The van der Waals surface area contributed by atoms with Gasteiger partial charge in [0.05, 0.1) is 5.69 Å². The Balaban J connectivity index is 1.80. The Hall–Kier alpha value is -3.09. The van der Waals surface area contributed by atoms with E-state index in [4.69, 9.17) is 10.2 Å². The molecule has 3 rings (SSSR count). The lowest BCUT2D eigenvalue weighted by atomic mass is 10.2. The van der Waals surface area contributed by atoms with E-state index in [-0.39, 0.29) is 5.96 Å². The molecule has 0 bridgehead atoms. The van der Waals surface area contributed by atoms with Crippen molar-refractivity contribution in [2.75, 3.05) is 0 Å². The van der Waals surface area contributed by atoms with E-state index in [0.717, 1.165) is 16.7 Å². The van der Waals surface area contributed by atoms with E-state index in [0.29, 0.717) is 11.4 Å². The van der Waals surface area contributed by atoms with Crippen LogP contribution in [0.15, 0.2) is 45.9 Å². The van der Waals surface area contributed by atoms with Crippen LogP contribution in [-0.2, 0) is 0 Å². The van der Waals surface area contributed by atoms with Gasteiger partial charge in [-0.2, -0.15) is 5.10 Å². The fourth-order valence-corrected chi connectivity index (χ4v) is 1.97. The summed E-state index contributed by atoms with van der Waals surface area (Å²) in [5, 5.41) is 9.65. The van der Waals surface area contributed by atoms with E-state index in [1.165, 1.54) is 6.20 Å². The summed E-state index contributed by atoms with van der Waals surface area (Å²) in [6.45, 7) is 1.88. The summed E-state index contributed by atoms with van der Waals surface area (Å²) in [7, 11) is 0. The maximum absolute atomic E-state index is 11.8. The van der Waals surface area contributed by atoms with Crippen LogP contribution in [0, 0.1) is 6.92 Å². The van der Waals surface area contributed by atoms with Gasteiger partial charge in [-0.05, 0) is 37.3 Å². The topological polar surface area (TPSA) is 109 Å². The molecule has 7 nitrogen and oxygen atoms in total. The van der Waals surface area contributed by atoms with Crippen molar-refractivity contribution in [3.05, 3.63) is 48.0 Å². The number of aryl methyl sites for hydroxylation is 1. The first kappa shape index (κ1) is 12.9. The molecule has 2 aromatic heterocycles. The third kappa shape index (κ3) is 2.76. The number of carbonyl (C=O) groups excluding carboxylic acids is 1. The Morgan fingerprint density at radius 1 is 1.38 bits per heavy atom. The van der Waals surface area contributed by atoms with Gasteiger partial charge in [0, 0.05) is 11.6 Å². The van der Waals surface area contributed by atoms with Gasteiger partial charge in [-0.1, -0.05) is 0 Å². The van der Waals surface area contributed by atoms with Crippen molar-refractivity contribution in [2.45, 2.75) is 6.92 Å². The van der Waals surface area contributed by atoms with Gasteiger partial charge in [0.25, 0.3) is 5.91 Å². The molecule has 0 atom stereocenters. The Kier molecular flexibility index (Phi) is 3.15. The summed E-state index contributed by atoms with van der Waals surface area (Å²) in [4.78, 5) is 15.9. The van der Waals surface area contributed by atoms with Gasteiger partial charge in [-0.25, -0.2) is 4.99 Å². The second-order valence-electron chi connectivity index (χ2n) is 4.50. The number of benzene rings is 1. The fourth-order valence-electron chi connectivity index (χ4n) is 1.97. The number of nitrogens with zero attached hydrogens (tertiary/aromatic N) is 2. The van der Waals surface area contributed by atoms with Crippen LogP contribution in [0.5, 0.6) is 0 Å². The summed E-state index contributed by atoms with van der Waals surface area (Å²) in [6.07, 6.45) is 1.48. The molecular weight excluding hydrogens is 270 g/mol. The monoisotopic (exact) mass is 283 g/mol. The minimum absolute atomic E-state index is 0.00849. The summed E-state index contributed by atoms with van der Waals surface area (Å²) in [6, 6.07) is 8.86. The second-order valence-corrected chi connectivity index (χ2v) is 4.50. The first-order valence-corrected chi connectivity index (χ1v) is 6.27. The van der Waals surface area contributed by atoms with Crippen molar-refractivity contribution in [1.29, 1.82) is 0 Å². The van der Waals surface area contributed by atoms with E-state index < -0.39 is 5.91 Å². The lowest BCUT2D eigenvalue weighted by molar-refractivity contribution is 0.0972. The third-order valence-corrected chi connectivity index (χ3v) is 2.86. The Morgan fingerprint density at radius 3 is 3.00 bits per heavy atom. The summed E-state index contributed by atoms with van der Waals surface area (Å²) in [5.41, 5.74) is 7.45. The summed E-state index contributed by atoms with van der Waals surface area (Å²) >= 11 is 0. The first-order valence-electron chi connectivity index (χ1n) is 6.27. The molecule has 0 aliphatic carbocycles. The number of H-pyrrole nitrogens is 1. The Labute approximate surface area is 119 Å². The molecule has 106 valence electrons. The molecule has 7 heteroatoms. The molecule has 1 aromatic carbocycles. The van der Waals surface area contributed by atoms with Crippen LogP contribution in [0.4, 0.5) is 5.69 Å². The van der Waals surface area contributed by atoms with E-state index in [1.54, 1.807) is 12.1 Å². The average Bonchev–Trinajstić information content (AvgIpc) is 3.05. The highest BCUT2D eigenvalue weighted by atomic mass is 16.3. The average molecular weight is 283 g/mol. The van der Waals surface area contributed by atoms with Crippen molar-refractivity contribution in [1.82, 2.24) is 15.5 Å². The standard InChI is InChI=1S/C14H13N5O2/c1-8-6-9-7-10(2-3-12(9)21-8)17-14(15)18-13(20)11-4-5-16-19-11/h2-7H,1H3,(H,16,19)(H3,15,17,18,20). The molecule has 0 aliphatic heterocycles. The van der Waals surface area contributed by atoms with Crippen LogP contribution < -0.4 is 11.1 Å². The molecule has 21 heavy (non-hydrogen) atoms. The van der Waals surface area contributed by atoms with Gasteiger partial charge in [-0.15, -0.1) is 0 Å². The smallest absolute Gasteiger partial charge is 0.275 e. The van der Waals surface area contributed by atoms with Gasteiger partial charge in [0.1, 0.15) is 17.0 Å². The zero-order valence-electron chi connectivity index (χ0n) is 11.3. The minimum atomic E-state index is -0.394. The predicted octanol–water partition coefficient (Wildman–Crippen LogP) is 1.84. The fraction of sp³-hybridized carbons (Fsp3) is 0.0714. The third-order valence-electron chi connectivity index (χ3n) is 2.86. The van der Waals surface area contributed by atoms with E-state index in [2.05, 4.69) is 20.5 Å². The molecule has 2 heterocycles.